The second-order valence-corrected chi connectivity index (χ2v) is 5.51. The molecule has 0 aliphatic heterocycles. The predicted molar refractivity (Wildman–Crippen MR) is 66.7 cm³/mol. The molecule has 17 heavy (non-hydrogen) atoms. The third-order valence-electron chi connectivity index (χ3n) is 3.53. The summed E-state index contributed by atoms with van der Waals surface area (Å²) < 4.78 is 4.84. The lowest BCUT2D eigenvalue weighted by molar-refractivity contribution is -0.152. The van der Waals surface area contributed by atoms with Gasteiger partial charge < -0.3 is 9.84 Å². The van der Waals surface area contributed by atoms with Gasteiger partial charge in [0, 0.05) is 25.7 Å². The Kier molecular flexibility index (Phi) is 5.40. The van der Waals surface area contributed by atoms with Gasteiger partial charge in [-0.3, -0.25) is 9.69 Å². The van der Waals surface area contributed by atoms with E-state index in [-0.39, 0.29) is 12.6 Å². The summed E-state index contributed by atoms with van der Waals surface area (Å²) in [6.45, 7) is 5.63. The number of methoxy groups -OCH3 is 1. The molecule has 0 spiro atoms. The number of hydrogen-bond acceptors (Lipinski definition) is 4. The molecule has 0 unspecified atom stereocenters. The Hall–Kier alpha value is -0.610. The van der Waals surface area contributed by atoms with E-state index in [9.17, 15) is 4.79 Å². The molecule has 0 bridgehead atoms. The summed E-state index contributed by atoms with van der Waals surface area (Å²) in [6.07, 6.45) is 4.47. The second kappa shape index (κ2) is 6.36. The molecule has 0 aromatic heterocycles. The Bertz CT molecular complexity index is 249. The second-order valence-electron chi connectivity index (χ2n) is 5.51. The average molecular weight is 243 g/mol. The molecule has 1 fully saturated rings. The van der Waals surface area contributed by atoms with Crippen LogP contribution in [-0.2, 0) is 9.53 Å². The van der Waals surface area contributed by atoms with Crippen LogP contribution >= 0.6 is 0 Å². The summed E-state index contributed by atoms with van der Waals surface area (Å²) in [7, 11) is 1.44. The highest BCUT2D eigenvalue weighted by Gasteiger charge is 2.34. The van der Waals surface area contributed by atoms with Crippen molar-refractivity contribution in [1.82, 2.24) is 4.90 Å². The molecule has 100 valence electrons. The maximum absolute atomic E-state index is 11.7. The Labute approximate surface area is 104 Å². The quantitative estimate of drug-likeness (QED) is 0.687. The van der Waals surface area contributed by atoms with E-state index in [1.807, 2.05) is 13.8 Å². The van der Waals surface area contributed by atoms with Crippen LogP contribution in [0.25, 0.3) is 0 Å². The SMILES string of the molecule is COC(=O)C(C)(C)CN(CCCO)C1CCC1. The summed E-state index contributed by atoms with van der Waals surface area (Å²) in [5.74, 6) is -0.161. The first-order chi connectivity index (χ1) is 8.01. The number of nitrogens with zero attached hydrogens (tertiary/aromatic N) is 1. The van der Waals surface area contributed by atoms with Gasteiger partial charge >= 0.3 is 5.97 Å². The molecule has 1 aliphatic rings. The van der Waals surface area contributed by atoms with Crippen molar-refractivity contribution in [2.75, 3.05) is 26.8 Å². The highest BCUT2D eigenvalue weighted by atomic mass is 16.5. The van der Waals surface area contributed by atoms with Gasteiger partial charge in [-0.1, -0.05) is 6.42 Å². The summed E-state index contributed by atoms with van der Waals surface area (Å²) >= 11 is 0. The Morgan fingerprint density at radius 3 is 2.53 bits per heavy atom. The number of esters is 1. The van der Waals surface area contributed by atoms with Gasteiger partial charge in [0.1, 0.15) is 0 Å². The Morgan fingerprint density at radius 1 is 1.47 bits per heavy atom. The molecular formula is C13H25NO3. The van der Waals surface area contributed by atoms with Crippen molar-refractivity contribution in [3.8, 4) is 0 Å². The fraction of sp³-hybridized carbons (Fsp3) is 0.923. The maximum atomic E-state index is 11.7. The number of carbonyl (C=O) groups is 1. The van der Waals surface area contributed by atoms with Crippen LogP contribution in [0.5, 0.6) is 0 Å². The summed E-state index contributed by atoms with van der Waals surface area (Å²) in [4.78, 5) is 14.0. The molecule has 1 aliphatic carbocycles. The van der Waals surface area contributed by atoms with Crippen LogP contribution in [0.1, 0.15) is 39.5 Å². The molecule has 1 saturated carbocycles. The first kappa shape index (κ1) is 14.5. The van der Waals surface area contributed by atoms with E-state index in [0.29, 0.717) is 12.6 Å². The van der Waals surface area contributed by atoms with Crippen LogP contribution in [-0.4, -0.2) is 48.8 Å². The zero-order chi connectivity index (χ0) is 12.9. The number of aliphatic hydroxyl groups excluding tert-OH is 1. The van der Waals surface area contributed by atoms with Gasteiger partial charge in [0.05, 0.1) is 12.5 Å². The van der Waals surface area contributed by atoms with Gasteiger partial charge in [-0.15, -0.1) is 0 Å². The number of rotatable bonds is 7. The van der Waals surface area contributed by atoms with Crippen LogP contribution in [0, 0.1) is 5.41 Å². The van der Waals surface area contributed by atoms with Crippen molar-refractivity contribution < 1.29 is 14.6 Å². The monoisotopic (exact) mass is 243 g/mol. The fourth-order valence-corrected chi connectivity index (χ4v) is 2.26. The lowest BCUT2D eigenvalue weighted by Crippen LogP contribution is -2.48. The van der Waals surface area contributed by atoms with Gasteiger partial charge in [0.25, 0.3) is 0 Å². The third kappa shape index (κ3) is 3.96. The molecule has 0 aromatic rings. The number of hydrogen-bond donors (Lipinski definition) is 1. The summed E-state index contributed by atoms with van der Waals surface area (Å²) in [5, 5.41) is 8.92. The normalized spacial score (nSPS) is 17.0. The zero-order valence-corrected chi connectivity index (χ0v) is 11.2. The van der Waals surface area contributed by atoms with Gasteiger partial charge in [-0.2, -0.15) is 0 Å². The largest absolute Gasteiger partial charge is 0.469 e. The van der Waals surface area contributed by atoms with Crippen molar-refractivity contribution in [3.63, 3.8) is 0 Å². The molecule has 4 nitrogen and oxygen atoms in total. The molecule has 1 N–H and O–H groups in total. The molecule has 0 heterocycles. The van der Waals surface area contributed by atoms with Crippen LogP contribution in [0.4, 0.5) is 0 Å². The van der Waals surface area contributed by atoms with E-state index in [1.54, 1.807) is 0 Å². The highest BCUT2D eigenvalue weighted by Crippen LogP contribution is 2.29. The van der Waals surface area contributed by atoms with Crippen molar-refractivity contribution >= 4 is 5.97 Å². The number of ether oxygens (including phenoxy) is 1. The third-order valence-corrected chi connectivity index (χ3v) is 3.53. The standard InChI is InChI=1S/C13H25NO3/c1-13(2,12(16)17-3)10-14(8-5-9-15)11-6-4-7-11/h11,15H,4-10H2,1-3H3. The minimum Gasteiger partial charge on any atom is -0.469 e. The average Bonchev–Trinajstić information content (AvgIpc) is 2.21. The van der Waals surface area contributed by atoms with E-state index in [0.717, 1.165) is 13.0 Å². The molecule has 4 heteroatoms. The zero-order valence-electron chi connectivity index (χ0n) is 11.2. The predicted octanol–water partition coefficient (Wildman–Crippen LogP) is 1.42. The van der Waals surface area contributed by atoms with Crippen LogP contribution in [0.3, 0.4) is 0 Å². The minimum atomic E-state index is -0.472. The number of aliphatic hydroxyl groups is 1. The topological polar surface area (TPSA) is 49.8 Å². The van der Waals surface area contributed by atoms with Crippen molar-refractivity contribution in [1.29, 1.82) is 0 Å². The van der Waals surface area contributed by atoms with Crippen LogP contribution in [0.2, 0.25) is 0 Å². The van der Waals surface area contributed by atoms with Gasteiger partial charge in [-0.25, -0.2) is 0 Å². The van der Waals surface area contributed by atoms with E-state index in [2.05, 4.69) is 4.90 Å². The van der Waals surface area contributed by atoms with Gasteiger partial charge in [0.2, 0.25) is 0 Å². The van der Waals surface area contributed by atoms with E-state index < -0.39 is 5.41 Å². The van der Waals surface area contributed by atoms with Crippen LogP contribution in [0.15, 0.2) is 0 Å². The van der Waals surface area contributed by atoms with Crippen molar-refractivity contribution in [3.05, 3.63) is 0 Å². The fourth-order valence-electron chi connectivity index (χ4n) is 2.26. The Balaban J connectivity index is 2.54. The van der Waals surface area contributed by atoms with Gasteiger partial charge in [0.15, 0.2) is 0 Å². The van der Waals surface area contributed by atoms with Crippen molar-refractivity contribution in [2.45, 2.75) is 45.6 Å². The molecule has 0 aromatic carbocycles. The van der Waals surface area contributed by atoms with Gasteiger partial charge in [-0.05, 0) is 33.1 Å². The summed E-state index contributed by atoms with van der Waals surface area (Å²) in [6, 6.07) is 0.588. The lowest BCUT2D eigenvalue weighted by atomic mass is 9.87. The lowest BCUT2D eigenvalue weighted by Gasteiger charge is -2.41. The molecule has 1 rings (SSSR count). The molecule has 0 saturated heterocycles. The number of carbonyl (C=O) groups excluding carboxylic acids is 1. The Morgan fingerprint density at radius 2 is 2.12 bits per heavy atom. The first-order valence-electron chi connectivity index (χ1n) is 6.44. The van der Waals surface area contributed by atoms with Crippen LogP contribution < -0.4 is 0 Å². The molecule has 0 amide bonds. The minimum absolute atomic E-state index is 0.161. The molecule has 0 radical (unpaired) electrons. The smallest absolute Gasteiger partial charge is 0.312 e. The highest BCUT2D eigenvalue weighted by molar-refractivity contribution is 5.76. The molecule has 0 atom stereocenters. The van der Waals surface area contributed by atoms with E-state index >= 15 is 0 Å². The summed E-state index contributed by atoms with van der Waals surface area (Å²) in [5.41, 5.74) is -0.472. The first-order valence-corrected chi connectivity index (χ1v) is 6.44. The van der Waals surface area contributed by atoms with Crippen molar-refractivity contribution in [2.24, 2.45) is 5.41 Å². The maximum Gasteiger partial charge on any atom is 0.312 e. The van der Waals surface area contributed by atoms with E-state index in [4.69, 9.17) is 9.84 Å². The van der Waals surface area contributed by atoms with E-state index in [1.165, 1.54) is 26.4 Å². The molecular weight excluding hydrogens is 218 g/mol.